The second kappa shape index (κ2) is 80.8. The normalized spacial score (nSPS) is 12.5. The molecule has 0 rings (SSSR count). The molecular weight excluding hydrogens is 1110 g/mol. The average Bonchev–Trinajstić information content (AvgIpc) is 3.59. The summed E-state index contributed by atoms with van der Waals surface area (Å²) in [6.45, 7) is 4.97. The van der Waals surface area contributed by atoms with Crippen molar-refractivity contribution in [1.82, 2.24) is 5.32 Å². The number of rotatable bonds is 80. The van der Waals surface area contributed by atoms with E-state index in [4.69, 9.17) is 4.74 Å². The zero-order valence-electron chi connectivity index (χ0n) is 62.1. The van der Waals surface area contributed by atoms with Crippen LogP contribution in [0.1, 0.15) is 483 Å². The molecule has 2 atom stereocenters. The van der Waals surface area contributed by atoms with E-state index >= 15 is 0 Å². The van der Waals surface area contributed by atoms with Crippen molar-refractivity contribution < 1.29 is 24.5 Å². The maximum Gasteiger partial charge on any atom is 0.305 e. The van der Waals surface area contributed by atoms with Crippen molar-refractivity contribution in [3.63, 3.8) is 0 Å². The minimum absolute atomic E-state index is 0.0256. The molecule has 0 aliphatic rings. The van der Waals surface area contributed by atoms with Gasteiger partial charge in [0.25, 0.3) is 0 Å². The third-order valence-electron chi connectivity index (χ3n) is 20.0. The molecule has 2 unspecified atom stereocenters. The summed E-state index contributed by atoms with van der Waals surface area (Å²) in [4.78, 5) is 24.7. The molecule has 3 N–H and O–H groups in total. The third kappa shape index (κ3) is 77.2. The van der Waals surface area contributed by atoms with Crippen LogP contribution in [0.15, 0.2) is 24.3 Å². The Labute approximate surface area is 571 Å². The number of unbranched alkanes of at least 4 members (excludes halogenated alkanes) is 67. The smallest absolute Gasteiger partial charge is 0.305 e. The number of hydrogen-bond donors (Lipinski definition) is 3. The molecule has 0 spiro atoms. The Bertz CT molecular complexity index is 1430. The molecule has 0 saturated heterocycles. The predicted molar refractivity (Wildman–Crippen MR) is 403 cm³/mol. The molecule has 0 aliphatic carbocycles. The van der Waals surface area contributed by atoms with Crippen LogP contribution in [-0.4, -0.2) is 47.4 Å². The number of ether oxygens (including phenoxy) is 1. The van der Waals surface area contributed by atoms with Crippen molar-refractivity contribution in [2.45, 2.75) is 495 Å². The SMILES string of the molecule is CCCCCCCCCCCCCCCCCCCCC/C=C/C(O)C(CO)NC(=O)CCCCCCCCCCCCCCCCCCC/C=C\CCCCCCCCCCCCCCCCOC(=O)CCCCCCCCCCCCCCCCCCCC. The van der Waals surface area contributed by atoms with Crippen LogP contribution in [0.3, 0.4) is 0 Å². The summed E-state index contributed by atoms with van der Waals surface area (Å²) >= 11 is 0. The molecule has 0 aromatic rings. The molecule has 1 amide bonds. The summed E-state index contributed by atoms with van der Waals surface area (Å²) in [5.41, 5.74) is 0. The van der Waals surface area contributed by atoms with Gasteiger partial charge in [-0.05, 0) is 57.8 Å². The minimum atomic E-state index is -0.843. The lowest BCUT2D eigenvalue weighted by atomic mass is 10.0. The molecule has 91 heavy (non-hydrogen) atoms. The highest BCUT2D eigenvalue weighted by molar-refractivity contribution is 5.76. The van der Waals surface area contributed by atoms with Crippen LogP contribution in [0, 0.1) is 0 Å². The fourth-order valence-corrected chi connectivity index (χ4v) is 13.6. The molecule has 0 bridgehead atoms. The number of esters is 1. The highest BCUT2D eigenvalue weighted by Gasteiger charge is 2.18. The molecular formula is C85H165NO5. The topological polar surface area (TPSA) is 95.9 Å². The van der Waals surface area contributed by atoms with Gasteiger partial charge in [-0.3, -0.25) is 9.59 Å². The molecule has 0 aromatic heterocycles. The Morgan fingerprint density at radius 2 is 0.516 bits per heavy atom. The van der Waals surface area contributed by atoms with E-state index < -0.39 is 12.1 Å². The van der Waals surface area contributed by atoms with E-state index in [0.29, 0.717) is 19.4 Å². The zero-order chi connectivity index (χ0) is 65.6. The third-order valence-corrected chi connectivity index (χ3v) is 20.0. The number of carbonyl (C=O) groups excluding carboxylic acids is 2. The average molecular weight is 1280 g/mol. The van der Waals surface area contributed by atoms with Crippen LogP contribution < -0.4 is 5.32 Å². The van der Waals surface area contributed by atoms with Crippen molar-refractivity contribution in [3.05, 3.63) is 24.3 Å². The minimum Gasteiger partial charge on any atom is -0.466 e. The first kappa shape index (κ1) is 89.3. The summed E-state index contributed by atoms with van der Waals surface area (Å²) < 4.78 is 5.52. The number of amides is 1. The van der Waals surface area contributed by atoms with Crippen LogP contribution in [0.25, 0.3) is 0 Å². The summed E-state index contributed by atoms with van der Waals surface area (Å²) in [6.07, 6.45) is 105. The van der Waals surface area contributed by atoms with Crippen LogP contribution in [0.4, 0.5) is 0 Å². The molecule has 0 saturated carbocycles. The second-order valence-corrected chi connectivity index (χ2v) is 29.2. The maximum atomic E-state index is 12.5. The second-order valence-electron chi connectivity index (χ2n) is 29.2. The van der Waals surface area contributed by atoms with Gasteiger partial charge in [0.1, 0.15) is 0 Å². The Kier molecular flexibility index (Phi) is 79.3. The van der Waals surface area contributed by atoms with Crippen LogP contribution in [-0.2, 0) is 14.3 Å². The van der Waals surface area contributed by atoms with E-state index in [1.54, 1.807) is 6.08 Å². The number of aliphatic hydroxyl groups excluding tert-OH is 2. The lowest BCUT2D eigenvalue weighted by Crippen LogP contribution is -2.45. The summed E-state index contributed by atoms with van der Waals surface area (Å²) in [7, 11) is 0. The van der Waals surface area contributed by atoms with E-state index in [0.717, 1.165) is 38.5 Å². The largest absolute Gasteiger partial charge is 0.466 e. The van der Waals surface area contributed by atoms with E-state index in [2.05, 4.69) is 31.3 Å². The van der Waals surface area contributed by atoms with E-state index in [1.807, 2.05) is 6.08 Å². The van der Waals surface area contributed by atoms with Gasteiger partial charge in [0.15, 0.2) is 0 Å². The van der Waals surface area contributed by atoms with E-state index in [-0.39, 0.29) is 18.5 Å². The number of nitrogens with one attached hydrogen (secondary N) is 1. The van der Waals surface area contributed by atoms with Gasteiger partial charge in [0, 0.05) is 12.8 Å². The molecule has 0 radical (unpaired) electrons. The number of carbonyl (C=O) groups is 2. The fourth-order valence-electron chi connectivity index (χ4n) is 13.6. The maximum absolute atomic E-state index is 12.5. The zero-order valence-corrected chi connectivity index (χ0v) is 62.1. The Balaban J connectivity index is 3.34. The fraction of sp³-hybridized carbons (Fsp3) is 0.929. The van der Waals surface area contributed by atoms with Crippen LogP contribution >= 0.6 is 0 Å². The molecule has 0 aliphatic heterocycles. The quantitative estimate of drug-likeness (QED) is 0.0320. The molecule has 6 heteroatoms. The summed E-state index contributed by atoms with van der Waals surface area (Å²) in [5, 5.41) is 23.3. The standard InChI is InChI=1S/C85H165NO5/c1-3-5-7-9-11-13-15-17-19-21-23-39-42-45-49-53-57-61-65-69-73-77-83(88)82(81-87)86-84(89)78-74-70-66-62-58-54-50-46-43-40-37-35-33-31-29-27-25-24-26-28-30-32-34-36-38-41-44-48-52-56-60-64-68-72-76-80-91-85(90)79-75-71-67-63-59-55-51-47-22-20-18-16-14-12-10-8-6-4-2/h26,28,73,77,82-83,87-88H,3-25,27,29-72,74-76,78-81H2,1-2H3,(H,86,89)/b28-26-,77-73+. The van der Waals surface area contributed by atoms with Crippen molar-refractivity contribution in [3.8, 4) is 0 Å². The lowest BCUT2D eigenvalue weighted by Gasteiger charge is -2.20. The Morgan fingerprint density at radius 1 is 0.297 bits per heavy atom. The lowest BCUT2D eigenvalue weighted by molar-refractivity contribution is -0.143. The van der Waals surface area contributed by atoms with Gasteiger partial charge < -0.3 is 20.3 Å². The highest BCUT2D eigenvalue weighted by Crippen LogP contribution is 2.20. The van der Waals surface area contributed by atoms with Crippen molar-refractivity contribution in [2.24, 2.45) is 0 Å². The van der Waals surface area contributed by atoms with Crippen LogP contribution in [0.5, 0.6) is 0 Å². The van der Waals surface area contributed by atoms with Crippen molar-refractivity contribution >= 4 is 11.9 Å². The first-order valence-corrected chi connectivity index (χ1v) is 42.1. The predicted octanol–water partition coefficient (Wildman–Crippen LogP) is 28.0. The molecule has 0 fully saturated rings. The molecule has 540 valence electrons. The van der Waals surface area contributed by atoms with Gasteiger partial charge in [0.2, 0.25) is 5.91 Å². The molecule has 6 nitrogen and oxygen atoms in total. The Morgan fingerprint density at radius 3 is 0.780 bits per heavy atom. The molecule has 0 aromatic carbocycles. The highest BCUT2D eigenvalue weighted by atomic mass is 16.5. The van der Waals surface area contributed by atoms with Gasteiger partial charge in [-0.25, -0.2) is 0 Å². The number of aliphatic hydroxyl groups is 2. The van der Waals surface area contributed by atoms with Crippen molar-refractivity contribution in [2.75, 3.05) is 13.2 Å². The first-order valence-electron chi connectivity index (χ1n) is 42.1. The van der Waals surface area contributed by atoms with E-state index in [9.17, 15) is 19.8 Å². The summed E-state index contributed by atoms with van der Waals surface area (Å²) in [6, 6.07) is -0.626. The van der Waals surface area contributed by atoms with Gasteiger partial charge in [-0.1, -0.05) is 436 Å². The monoisotopic (exact) mass is 1280 g/mol. The van der Waals surface area contributed by atoms with Crippen molar-refractivity contribution in [1.29, 1.82) is 0 Å². The van der Waals surface area contributed by atoms with E-state index in [1.165, 1.54) is 417 Å². The Hall–Kier alpha value is -1.66. The number of allylic oxidation sites excluding steroid dienone is 3. The van der Waals surface area contributed by atoms with Crippen LogP contribution in [0.2, 0.25) is 0 Å². The molecule has 0 heterocycles. The van der Waals surface area contributed by atoms with Gasteiger partial charge in [-0.15, -0.1) is 0 Å². The van der Waals surface area contributed by atoms with Gasteiger partial charge in [-0.2, -0.15) is 0 Å². The first-order chi connectivity index (χ1) is 45.0. The number of hydrogen-bond acceptors (Lipinski definition) is 5. The summed E-state index contributed by atoms with van der Waals surface area (Å²) in [5.74, 6) is -0.0337. The van der Waals surface area contributed by atoms with Gasteiger partial charge in [0.05, 0.1) is 25.4 Å². The van der Waals surface area contributed by atoms with Gasteiger partial charge >= 0.3 is 5.97 Å².